The SMILES string of the molecule is O=C(c1cc(Cl)c2c(c1)OCO2)N(CC1CCCO1)C1CCS(=O)(=O)C1. The van der Waals surface area contributed by atoms with Gasteiger partial charge in [-0.2, -0.15) is 0 Å². The number of fused-ring (bicyclic) bond motifs is 1. The van der Waals surface area contributed by atoms with E-state index in [1.807, 2.05) is 0 Å². The zero-order valence-electron chi connectivity index (χ0n) is 14.1. The Balaban J connectivity index is 1.62. The predicted octanol–water partition coefficient (Wildman–Crippen LogP) is 1.88. The lowest BCUT2D eigenvalue weighted by Crippen LogP contribution is -2.45. The van der Waals surface area contributed by atoms with Gasteiger partial charge in [0.1, 0.15) is 0 Å². The minimum atomic E-state index is -3.11. The van der Waals surface area contributed by atoms with Crippen LogP contribution in [0.15, 0.2) is 12.1 Å². The maximum atomic E-state index is 13.2. The third-order valence-electron chi connectivity index (χ3n) is 5.01. The number of carbonyl (C=O) groups is 1. The second-order valence-corrected chi connectivity index (χ2v) is 9.48. The van der Waals surface area contributed by atoms with Crippen LogP contribution >= 0.6 is 11.6 Å². The summed E-state index contributed by atoms with van der Waals surface area (Å²) in [6, 6.07) is 2.80. The zero-order valence-corrected chi connectivity index (χ0v) is 15.7. The van der Waals surface area contributed by atoms with E-state index >= 15 is 0 Å². The molecule has 3 aliphatic heterocycles. The minimum Gasteiger partial charge on any atom is -0.454 e. The molecular formula is C17H20ClNO6S. The van der Waals surface area contributed by atoms with E-state index in [0.717, 1.165) is 12.8 Å². The van der Waals surface area contributed by atoms with Gasteiger partial charge in [0.25, 0.3) is 5.91 Å². The van der Waals surface area contributed by atoms with E-state index in [1.54, 1.807) is 17.0 Å². The molecule has 0 aliphatic carbocycles. The van der Waals surface area contributed by atoms with E-state index in [1.165, 1.54) is 0 Å². The van der Waals surface area contributed by atoms with Crippen LogP contribution in [0.2, 0.25) is 5.02 Å². The lowest BCUT2D eigenvalue weighted by atomic mass is 10.1. The van der Waals surface area contributed by atoms with Gasteiger partial charge in [0, 0.05) is 24.8 Å². The number of hydrogen-bond acceptors (Lipinski definition) is 6. The van der Waals surface area contributed by atoms with Crippen molar-refractivity contribution in [2.75, 3.05) is 31.5 Å². The van der Waals surface area contributed by atoms with E-state index in [9.17, 15) is 13.2 Å². The summed E-state index contributed by atoms with van der Waals surface area (Å²) in [4.78, 5) is 14.8. The van der Waals surface area contributed by atoms with Crippen LogP contribution < -0.4 is 9.47 Å². The largest absolute Gasteiger partial charge is 0.454 e. The van der Waals surface area contributed by atoms with Crippen LogP contribution in [0.1, 0.15) is 29.6 Å². The van der Waals surface area contributed by atoms with Gasteiger partial charge in [-0.3, -0.25) is 4.79 Å². The molecule has 4 rings (SSSR count). The van der Waals surface area contributed by atoms with Gasteiger partial charge in [0.15, 0.2) is 21.3 Å². The van der Waals surface area contributed by atoms with E-state index in [2.05, 4.69) is 0 Å². The average molecular weight is 402 g/mol. The summed E-state index contributed by atoms with van der Waals surface area (Å²) < 4.78 is 40.1. The first-order valence-electron chi connectivity index (χ1n) is 8.65. The molecule has 3 heterocycles. The van der Waals surface area contributed by atoms with Crippen molar-refractivity contribution < 1.29 is 27.4 Å². The Morgan fingerprint density at radius 2 is 2.12 bits per heavy atom. The van der Waals surface area contributed by atoms with Gasteiger partial charge in [-0.25, -0.2) is 8.42 Å². The monoisotopic (exact) mass is 401 g/mol. The molecule has 2 fully saturated rings. The van der Waals surface area contributed by atoms with Crippen molar-refractivity contribution in [2.24, 2.45) is 0 Å². The molecule has 2 atom stereocenters. The van der Waals surface area contributed by atoms with Gasteiger partial charge in [-0.15, -0.1) is 0 Å². The summed E-state index contributed by atoms with van der Waals surface area (Å²) in [6.45, 7) is 1.11. The summed E-state index contributed by atoms with van der Waals surface area (Å²) in [5.41, 5.74) is 0.363. The smallest absolute Gasteiger partial charge is 0.254 e. The quantitative estimate of drug-likeness (QED) is 0.766. The number of halogens is 1. The summed E-state index contributed by atoms with van der Waals surface area (Å²) in [5.74, 6) is 0.690. The maximum absolute atomic E-state index is 13.2. The Kier molecular flexibility index (Phi) is 4.75. The fraction of sp³-hybridized carbons (Fsp3) is 0.588. The highest BCUT2D eigenvalue weighted by atomic mass is 35.5. The van der Waals surface area contributed by atoms with Crippen molar-refractivity contribution in [1.82, 2.24) is 4.90 Å². The van der Waals surface area contributed by atoms with Crippen LogP contribution in [0.4, 0.5) is 0 Å². The lowest BCUT2D eigenvalue weighted by molar-refractivity contribution is 0.0441. The van der Waals surface area contributed by atoms with Gasteiger partial charge < -0.3 is 19.1 Å². The molecular weight excluding hydrogens is 382 g/mol. The fourth-order valence-corrected chi connectivity index (χ4v) is 5.68. The summed E-state index contributed by atoms with van der Waals surface area (Å²) in [7, 11) is -3.11. The maximum Gasteiger partial charge on any atom is 0.254 e. The molecule has 0 bridgehead atoms. The van der Waals surface area contributed by atoms with Gasteiger partial charge in [-0.05, 0) is 31.4 Å². The number of hydrogen-bond donors (Lipinski definition) is 0. The van der Waals surface area contributed by atoms with Crippen LogP contribution in [-0.4, -0.2) is 62.8 Å². The summed E-state index contributed by atoms with van der Waals surface area (Å²) >= 11 is 6.20. The van der Waals surface area contributed by atoms with E-state index in [-0.39, 0.29) is 36.4 Å². The van der Waals surface area contributed by atoms with Crippen LogP contribution in [0, 0.1) is 0 Å². The first kappa shape index (κ1) is 17.9. The molecule has 0 N–H and O–H groups in total. The molecule has 2 saturated heterocycles. The first-order chi connectivity index (χ1) is 12.4. The third kappa shape index (κ3) is 3.50. The molecule has 3 aliphatic rings. The third-order valence-corrected chi connectivity index (χ3v) is 7.04. The molecule has 9 heteroatoms. The van der Waals surface area contributed by atoms with Crippen molar-refractivity contribution in [1.29, 1.82) is 0 Å². The van der Waals surface area contributed by atoms with Crippen LogP contribution in [-0.2, 0) is 14.6 Å². The van der Waals surface area contributed by atoms with E-state index in [4.69, 9.17) is 25.8 Å². The van der Waals surface area contributed by atoms with Crippen LogP contribution in [0.25, 0.3) is 0 Å². The minimum absolute atomic E-state index is 0.0102. The predicted molar refractivity (Wildman–Crippen MR) is 94.6 cm³/mol. The first-order valence-corrected chi connectivity index (χ1v) is 10.8. The molecule has 1 amide bonds. The molecule has 1 aromatic carbocycles. The van der Waals surface area contributed by atoms with Gasteiger partial charge in [0.2, 0.25) is 6.79 Å². The highest BCUT2D eigenvalue weighted by Crippen LogP contribution is 2.40. The standard InChI is InChI=1S/C17H20ClNO6S/c18-14-6-11(7-15-16(14)25-10-24-15)17(20)19(8-13-2-1-4-23-13)12-3-5-26(21,22)9-12/h6-7,12-13H,1-5,8-10H2. The van der Waals surface area contributed by atoms with Crippen LogP contribution in [0.5, 0.6) is 11.5 Å². The number of rotatable bonds is 4. The number of nitrogens with zero attached hydrogens (tertiary/aromatic N) is 1. The highest BCUT2D eigenvalue weighted by Gasteiger charge is 2.37. The van der Waals surface area contributed by atoms with Crippen molar-refractivity contribution in [3.8, 4) is 11.5 Å². The normalized spacial score (nSPS) is 26.2. The molecule has 142 valence electrons. The molecule has 0 radical (unpaired) electrons. The van der Waals surface area contributed by atoms with E-state index < -0.39 is 9.84 Å². The fourth-order valence-electron chi connectivity index (χ4n) is 3.68. The van der Waals surface area contributed by atoms with E-state index in [0.29, 0.717) is 41.7 Å². The number of ether oxygens (including phenoxy) is 3. The highest BCUT2D eigenvalue weighted by molar-refractivity contribution is 7.91. The lowest BCUT2D eigenvalue weighted by Gasteiger charge is -2.30. The van der Waals surface area contributed by atoms with Crippen molar-refractivity contribution >= 4 is 27.3 Å². The Morgan fingerprint density at radius 3 is 2.81 bits per heavy atom. The van der Waals surface area contributed by atoms with Gasteiger partial charge in [-0.1, -0.05) is 11.6 Å². The number of benzene rings is 1. The molecule has 1 aromatic rings. The Labute approximate surface area is 157 Å². The van der Waals surface area contributed by atoms with Crippen molar-refractivity contribution in [2.45, 2.75) is 31.4 Å². The number of carbonyl (C=O) groups excluding carboxylic acids is 1. The topological polar surface area (TPSA) is 82.1 Å². The molecule has 0 spiro atoms. The molecule has 26 heavy (non-hydrogen) atoms. The van der Waals surface area contributed by atoms with Crippen molar-refractivity contribution in [3.63, 3.8) is 0 Å². The Bertz CT molecular complexity index is 821. The van der Waals surface area contributed by atoms with Gasteiger partial charge >= 0.3 is 0 Å². The number of sulfone groups is 1. The summed E-state index contributed by atoms with van der Waals surface area (Å²) in [5, 5.41) is 0.305. The second-order valence-electron chi connectivity index (χ2n) is 6.84. The molecule has 0 saturated carbocycles. The summed E-state index contributed by atoms with van der Waals surface area (Å²) in [6.07, 6.45) is 2.20. The average Bonchev–Trinajstić information content (AvgIpc) is 3.32. The van der Waals surface area contributed by atoms with Crippen LogP contribution in [0.3, 0.4) is 0 Å². The number of amides is 1. The zero-order chi connectivity index (χ0) is 18.3. The van der Waals surface area contributed by atoms with Crippen molar-refractivity contribution in [3.05, 3.63) is 22.7 Å². The Hall–Kier alpha value is -1.51. The molecule has 0 aromatic heterocycles. The molecule has 2 unspecified atom stereocenters. The van der Waals surface area contributed by atoms with Gasteiger partial charge in [0.05, 0.1) is 22.6 Å². The Morgan fingerprint density at radius 1 is 1.27 bits per heavy atom. The second kappa shape index (κ2) is 6.90. The molecule has 7 nitrogen and oxygen atoms in total.